The highest BCUT2D eigenvalue weighted by Crippen LogP contribution is 2.27. The van der Waals surface area contributed by atoms with Crippen molar-refractivity contribution >= 4 is 11.9 Å². The van der Waals surface area contributed by atoms with E-state index in [2.05, 4.69) is 39.9 Å². The van der Waals surface area contributed by atoms with E-state index < -0.39 is 0 Å². The summed E-state index contributed by atoms with van der Waals surface area (Å²) in [5, 5.41) is 6.96. The van der Waals surface area contributed by atoms with Gasteiger partial charge in [-0.25, -0.2) is 4.99 Å². The third-order valence-corrected chi connectivity index (χ3v) is 4.81. The van der Waals surface area contributed by atoms with Crippen molar-refractivity contribution < 1.29 is 4.79 Å². The summed E-state index contributed by atoms with van der Waals surface area (Å²) < 4.78 is 0. The van der Waals surface area contributed by atoms with Crippen molar-refractivity contribution in [1.82, 2.24) is 15.5 Å². The van der Waals surface area contributed by atoms with Crippen LogP contribution >= 0.6 is 0 Å². The molecule has 130 valence electrons. The summed E-state index contributed by atoms with van der Waals surface area (Å²) in [7, 11) is 3.53. The van der Waals surface area contributed by atoms with E-state index >= 15 is 0 Å². The Balaban J connectivity index is 1.60. The van der Waals surface area contributed by atoms with Gasteiger partial charge in [0.15, 0.2) is 5.96 Å². The van der Waals surface area contributed by atoms with Crippen LogP contribution in [0.15, 0.2) is 29.3 Å². The van der Waals surface area contributed by atoms with Gasteiger partial charge < -0.3 is 15.5 Å². The predicted molar refractivity (Wildman–Crippen MR) is 97.1 cm³/mol. The number of carbonyl (C=O) groups excluding carboxylic acids is 1. The number of carbonyl (C=O) groups is 1. The van der Waals surface area contributed by atoms with Gasteiger partial charge in [-0.15, -0.1) is 0 Å². The molecule has 0 aromatic heterocycles. The van der Waals surface area contributed by atoms with Gasteiger partial charge in [-0.05, 0) is 49.1 Å². The fourth-order valence-electron chi connectivity index (χ4n) is 3.02. The first-order chi connectivity index (χ1) is 11.6. The van der Waals surface area contributed by atoms with Gasteiger partial charge in [-0.1, -0.05) is 24.3 Å². The van der Waals surface area contributed by atoms with Crippen molar-refractivity contribution in [2.45, 2.75) is 38.1 Å². The molecule has 0 saturated heterocycles. The smallest absolute Gasteiger partial charge is 0.243 e. The zero-order valence-electron chi connectivity index (χ0n) is 14.7. The van der Waals surface area contributed by atoms with Crippen LogP contribution in [0.3, 0.4) is 0 Å². The fourth-order valence-corrected chi connectivity index (χ4v) is 3.02. The van der Waals surface area contributed by atoms with Gasteiger partial charge in [0.05, 0.1) is 0 Å². The molecule has 1 fully saturated rings. The van der Waals surface area contributed by atoms with Crippen molar-refractivity contribution in [1.29, 1.82) is 0 Å². The minimum atomic E-state index is 0.0245. The van der Waals surface area contributed by atoms with Crippen LogP contribution in [-0.2, 0) is 17.6 Å². The minimum absolute atomic E-state index is 0.0245. The highest BCUT2D eigenvalue weighted by Gasteiger charge is 2.23. The number of hydrogen-bond donors (Lipinski definition) is 2. The standard InChI is InChI=1S/C19H28N4O/c1-23(2)18(24)13-21-19(20-12-14-7-8-14)22-17-10-9-15-5-3-4-6-16(15)11-17/h3-6,14,17H,7-13H2,1-2H3,(H2,20,21,22). The number of aryl methyl sites for hydroxylation is 1. The highest BCUT2D eigenvalue weighted by atomic mass is 16.2. The molecular weight excluding hydrogens is 300 g/mol. The number of rotatable bonds is 5. The number of aliphatic imine (C=N–C) groups is 1. The predicted octanol–water partition coefficient (Wildman–Crippen LogP) is 1.58. The Hall–Kier alpha value is -2.04. The molecule has 1 aromatic carbocycles. The lowest BCUT2D eigenvalue weighted by Crippen LogP contribution is -2.46. The second kappa shape index (κ2) is 7.69. The van der Waals surface area contributed by atoms with Gasteiger partial charge in [0, 0.05) is 26.7 Å². The van der Waals surface area contributed by atoms with E-state index in [0.717, 1.165) is 37.7 Å². The lowest BCUT2D eigenvalue weighted by atomic mass is 9.88. The molecule has 1 atom stereocenters. The van der Waals surface area contributed by atoms with Gasteiger partial charge in [-0.2, -0.15) is 0 Å². The Labute approximate surface area is 144 Å². The van der Waals surface area contributed by atoms with Gasteiger partial charge in [-0.3, -0.25) is 4.79 Å². The minimum Gasteiger partial charge on any atom is -0.356 e. The first kappa shape index (κ1) is 16.8. The van der Waals surface area contributed by atoms with Crippen LogP contribution in [0.25, 0.3) is 0 Å². The maximum atomic E-state index is 11.8. The molecule has 1 aromatic rings. The van der Waals surface area contributed by atoms with Crippen LogP contribution < -0.4 is 10.6 Å². The van der Waals surface area contributed by atoms with Crippen LogP contribution in [0.5, 0.6) is 0 Å². The van der Waals surface area contributed by atoms with Crippen molar-refractivity contribution in [3.05, 3.63) is 35.4 Å². The lowest BCUT2D eigenvalue weighted by Gasteiger charge is -2.27. The van der Waals surface area contributed by atoms with Crippen molar-refractivity contribution in [2.75, 3.05) is 27.2 Å². The third-order valence-electron chi connectivity index (χ3n) is 4.81. The second-order valence-corrected chi connectivity index (χ2v) is 7.13. The maximum Gasteiger partial charge on any atom is 0.243 e. The van der Waals surface area contributed by atoms with E-state index in [1.54, 1.807) is 19.0 Å². The molecule has 2 aliphatic rings. The number of benzene rings is 1. The van der Waals surface area contributed by atoms with Crippen LogP contribution in [0.4, 0.5) is 0 Å². The molecule has 2 aliphatic carbocycles. The number of fused-ring (bicyclic) bond motifs is 1. The third kappa shape index (κ3) is 4.73. The van der Waals surface area contributed by atoms with E-state index in [9.17, 15) is 4.79 Å². The summed E-state index contributed by atoms with van der Waals surface area (Å²) in [6, 6.07) is 9.04. The molecule has 1 amide bonds. The largest absolute Gasteiger partial charge is 0.356 e. The van der Waals surface area contributed by atoms with Crippen LogP contribution in [0, 0.1) is 5.92 Å². The molecule has 0 spiro atoms. The van der Waals surface area contributed by atoms with Crippen molar-refractivity contribution in [2.24, 2.45) is 10.9 Å². The Morgan fingerprint density at radius 3 is 2.67 bits per heavy atom. The van der Waals surface area contributed by atoms with Gasteiger partial charge in [0.1, 0.15) is 6.54 Å². The molecule has 0 radical (unpaired) electrons. The normalized spacial score (nSPS) is 20.2. The summed E-state index contributed by atoms with van der Waals surface area (Å²) in [5.74, 6) is 1.58. The molecule has 5 heteroatoms. The van der Waals surface area contributed by atoms with E-state index in [-0.39, 0.29) is 12.5 Å². The molecule has 1 saturated carbocycles. The Morgan fingerprint density at radius 2 is 1.96 bits per heavy atom. The summed E-state index contributed by atoms with van der Waals surface area (Å²) in [6.07, 6.45) is 5.81. The van der Waals surface area contributed by atoms with Crippen LogP contribution in [0.1, 0.15) is 30.4 Å². The topological polar surface area (TPSA) is 56.7 Å². The number of guanidine groups is 1. The Kier molecular flexibility index (Phi) is 5.38. The molecular formula is C19H28N4O. The fraction of sp³-hybridized carbons (Fsp3) is 0.579. The molecule has 24 heavy (non-hydrogen) atoms. The quantitative estimate of drug-likeness (QED) is 0.637. The Morgan fingerprint density at radius 1 is 1.21 bits per heavy atom. The molecule has 2 N–H and O–H groups in total. The average molecular weight is 328 g/mol. The zero-order valence-corrected chi connectivity index (χ0v) is 14.7. The second-order valence-electron chi connectivity index (χ2n) is 7.13. The Bertz CT molecular complexity index is 607. The maximum absolute atomic E-state index is 11.8. The summed E-state index contributed by atoms with van der Waals surface area (Å²) in [6.45, 7) is 1.14. The van der Waals surface area contributed by atoms with E-state index in [0.29, 0.717) is 6.04 Å². The number of hydrogen-bond acceptors (Lipinski definition) is 2. The summed E-state index contributed by atoms with van der Waals surface area (Å²) in [5.41, 5.74) is 2.88. The van der Waals surface area contributed by atoms with Gasteiger partial charge >= 0.3 is 0 Å². The first-order valence-corrected chi connectivity index (χ1v) is 8.93. The molecule has 0 aliphatic heterocycles. The van der Waals surface area contributed by atoms with E-state index in [4.69, 9.17) is 0 Å². The molecule has 0 bridgehead atoms. The molecule has 5 nitrogen and oxygen atoms in total. The van der Waals surface area contributed by atoms with Crippen molar-refractivity contribution in [3.63, 3.8) is 0 Å². The van der Waals surface area contributed by atoms with Crippen molar-refractivity contribution in [3.8, 4) is 0 Å². The lowest BCUT2D eigenvalue weighted by molar-refractivity contribution is -0.127. The number of amides is 1. The summed E-state index contributed by atoms with van der Waals surface area (Å²) >= 11 is 0. The van der Waals surface area contributed by atoms with Crippen LogP contribution in [0.2, 0.25) is 0 Å². The average Bonchev–Trinajstić information content (AvgIpc) is 3.41. The SMILES string of the molecule is CN(C)C(=O)CN=C(NCC1CC1)NC1CCc2ccccc2C1. The van der Waals surface area contributed by atoms with Gasteiger partial charge in [0.25, 0.3) is 0 Å². The number of nitrogens with one attached hydrogen (secondary N) is 2. The molecule has 0 heterocycles. The first-order valence-electron chi connectivity index (χ1n) is 8.93. The summed E-state index contributed by atoms with van der Waals surface area (Å²) in [4.78, 5) is 17.9. The monoisotopic (exact) mass is 328 g/mol. The van der Waals surface area contributed by atoms with E-state index in [1.165, 1.54) is 24.0 Å². The highest BCUT2D eigenvalue weighted by molar-refractivity contribution is 5.85. The molecule has 3 rings (SSSR count). The molecule has 1 unspecified atom stereocenters. The van der Waals surface area contributed by atoms with E-state index in [1.807, 2.05) is 0 Å². The van der Waals surface area contributed by atoms with Crippen LogP contribution in [-0.4, -0.2) is 50.0 Å². The number of likely N-dealkylation sites (N-methyl/N-ethyl adjacent to an activating group) is 1. The number of nitrogens with zero attached hydrogens (tertiary/aromatic N) is 2. The van der Waals surface area contributed by atoms with Gasteiger partial charge in [0.2, 0.25) is 5.91 Å². The zero-order chi connectivity index (χ0) is 16.9.